The van der Waals surface area contributed by atoms with Crippen molar-refractivity contribution >= 4 is 0 Å². The summed E-state index contributed by atoms with van der Waals surface area (Å²) in [5, 5.41) is 0. The summed E-state index contributed by atoms with van der Waals surface area (Å²) < 4.78 is 11.7. The van der Waals surface area contributed by atoms with Crippen LogP contribution < -0.4 is 0 Å². The van der Waals surface area contributed by atoms with Crippen molar-refractivity contribution in [2.24, 2.45) is 11.3 Å². The van der Waals surface area contributed by atoms with Crippen molar-refractivity contribution in [2.45, 2.75) is 39.9 Å². The van der Waals surface area contributed by atoms with Gasteiger partial charge in [-0.3, -0.25) is 0 Å². The molecule has 1 unspecified atom stereocenters. The van der Waals surface area contributed by atoms with Gasteiger partial charge in [0.2, 0.25) is 0 Å². The van der Waals surface area contributed by atoms with Crippen LogP contribution in [0, 0.1) is 11.3 Å². The highest BCUT2D eigenvalue weighted by molar-refractivity contribution is 5.14. The SMILES string of the molecule is CC(C)=CC1CC12OCC(C)(C)CO2. The molecule has 0 bridgehead atoms. The third-order valence-corrected chi connectivity index (χ3v) is 2.86. The molecule has 1 aliphatic heterocycles. The van der Waals surface area contributed by atoms with Crippen LogP contribution in [0.5, 0.6) is 0 Å². The molecule has 14 heavy (non-hydrogen) atoms. The van der Waals surface area contributed by atoms with E-state index in [1.165, 1.54) is 5.57 Å². The summed E-state index contributed by atoms with van der Waals surface area (Å²) in [7, 11) is 0. The van der Waals surface area contributed by atoms with Crippen molar-refractivity contribution in [1.29, 1.82) is 0 Å². The summed E-state index contributed by atoms with van der Waals surface area (Å²) in [6, 6.07) is 0. The standard InChI is InChI=1S/C12H20O2/c1-9(2)5-10-6-12(10)13-7-11(3,4)8-14-12/h5,10H,6-8H2,1-4H3. The number of allylic oxidation sites excluding steroid dienone is 1. The highest BCUT2D eigenvalue weighted by Gasteiger charge is 2.58. The monoisotopic (exact) mass is 196 g/mol. The molecular weight excluding hydrogens is 176 g/mol. The Hall–Kier alpha value is -0.340. The van der Waals surface area contributed by atoms with Crippen LogP contribution in [0.3, 0.4) is 0 Å². The molecule has 0 radical (unpaired) electrons. The predicted molar refractivity (Wildman–Crippen MR) is 56.0 cm³/mol. The van der Waals surface area contributed by atoms with Gasteiger partial charge in [0.15, 0.2) is 5.79 Å². The van der Waals surface area contributed by atoms with E-state index in [-0.39, 0.29) is 11.2 Å². The maximum absolute atomic E-state index is 5.84. The molecular formula is C12H20O2. The van der Waals surface area contributed by atoms with Crippen LogP contribution in [0.15, 0.2) is 11.6 Å². The second-order valence-corrected chi connectivity index (χ2v) is 5.61. The van der Waals surface area contributed by atoms with E-state index >= 15 is 0 Å². The second-order valence-electron chi connectivity index (χ2n) is 5.61. The van der Waals surface area contributed by atoms with Gasteiger partial charge < -0.3 is 9.47 Å². The normalized spacial score (nSPS) is 32.7. The van der Waals surface area contributed by atoms with E-state index in [1.807, 2.05) is 0 Å². The molecule has 1 saturated heterocycles. The molecule has 1 saturated carbocycles. The second kappa shape index (κ2) is 3.07. The largest absolute Gasteiger partial charge is 0.349 e. The van der Waals surface area contributed by atoms with Crippen molar-refractivity contribution in [2.75, 3.05) is 13.2 Å². The Balaban J connectivity index is 1.94. The molecule has 2 rings (SSSR count). The third kappa shape index (κ3) is 1.86. The molecule has 0 aromatic rings. The Morgan fingerprint density at radius 1 is 1.21 bits per heavy atom. The first-order valence-corrected chi connectivity index (χ1v) is 5.37. The quantitative estimate of drug-likeness (QED) is 0.600. The van der Waals surface area contributed by atoms with E-state index in [4.69, 9.17) is 9.47 Å². The minimum atomic E-state index is -0.243. The van der Waals surface area contributed by atoms with Gasteiger partial charge in [-0.05, 0) is 13.8 Å². The number of ether oxygens (including phenoxy) is 2. The van der Waals surface area contributed by atoms with Crippen LogP contribution in [-0.4, -0.2) is 19.0 Å². The summed E-state index contributed by atoms with van der Waals surface area (Å²) in [6.45, 7) is 10.2. The lowest BCUT2D eigenvalue weighted by atomic mass is 9.95. The molecule has 2 nitrogen and oxygen atoms in total. The number of hydrogen-bond donors (Lipinski definition) is 0. The lowest BCUT2D eigenvalue weighted by Crippen LogP contribution is -2.40. The Labute approximate surface area is 86.3 Å². The highest BCUT2D eigenvalue weighted by atomic mass is 16.7. The molecule has 0 aromatic carbocycles. The first kappa shape index (κ1) is 10.2. The van der Waals surface area contributed by atoms with Gasteiger partial charge in [0.1, 0.15) is 0 Å². The van der Waals surface area contributed by atoms with Crippen molar-refractivity contribution in [1.82, 2.24) is 0 Å². The van der Waals surface area contributed by atoms with Crippen molar-refractivity contribution in [3.05, 3.63) is 11.6 Å². The fourth-order valence-corrected chi connectivity index (χ4v) is 1.89. The van der Waals surface area contributed by atoms with E-state index < -0.39 is 0 Å². The molecule has 0 aromatic heterocycles. The van der Waals surface area contributed by atoms with Gasteiger partial charge in [-0.1, -0.05) is 25.5 Å². The predicted octanol–water partition coefficient (Wildman–Crippen LogP) is 2.74. The van der Waals surface area contributed by atoms with Gasteiger partial charge in [-0.25, -0.2) is 0 Å². The highest BCUT2D eigenvalue weighted by Crippen LogP contribution is 2.52. The van der Waals surface area contributed by atoms with E-state index in [1.54, 1.807) is 0 Å². The van der Waals surface area contributed by atoms with Gasteiger partial charge in [0.05, 0.1) is 13.2 Å². The first-order valence-electron chi connectivity index (χ1n) is 5.37. The van der Waals surface area contributed by atoms with Crippen LogP contribution in [0.4, 0.5) is 0 Å². The molecule has 1 heterocycles. The molecule has 80 valence electrons. The van der Waals surface area contributed by atoms with Crippen molar-refractivity contribution in [3.8, 4) is 0 Å². The maximum Gasteiger partial charge on any atom is 0.175 e. The maximum atomic E-state index is 5.84. The van der Waals surface area contributed by atoms with Crippen LogP contribution in [0.25, 0.3) is 0 Å². The Morgan fingerprint density at radius 3 is 2.29 bits per heavy atom. The Bertz CT molecular complexity index is 251. The average molecular weight is 196 g/mol. The van der Waals surface area contributed by atoms with Crippen LogP contribution in [0.2, 0.25) is 0 Å². The molecule has 2 aliphatic rings. The molecule has 0 amide bonds. The van der Waals surface area contributed by atoms with Crippen molar-refractivity contribution < 1.29 is 9.47 Å². The fourth-order valence-electron chi connectivity index (χ4n) is 1.89. The summed E-state index contributed by atoms with van der Waals surface area (Å²) >= 11 is 0. The lowest BCUT2D eigenvalue weighted by Gasteiger charge is -2.35. The van der Waals surface area contributed by atoms with Crippen LogP contribution >= 0.6 is 0 Å². The minimum Gasteiger partial charge on any atom is -0.349 e. The van der Waals surface area contributed by atoms with Gasteiger partial charge >= 0.3 is 0 Å². The molecule has 0 N–H and O–H groups in total. The Morgan fingerprint density at radius 2 is 1.79 bits per heavy atom. The van der Waals surface area contributed by atoms with Gasteiger partial charge in [-0.15, -0.1) is 0 Å². The number of rotatable bonds is 1. The average Bonchev–Trinajstić information content (AvgIpc) is 2.71. The van der Waals surface area contributed by atoms with E-state index in [0.717, 1.165) is 19.6 Å². The van der Waals surface area contributed by atoms with Gasteiger partial charge in [0.25, 0.3) is 0 Å². The lowest BCUT2D eigenvalue weighted by molar-refractivity contribution is -0.247. The van der Waals surface area contributed by atoms with E-state index in [2.05, 4.69) is 33.8 Å². The first-order chi connectivity index (χ1) is 6.44. The third-order valence-electron chi connectivity index (χ3n) is 2.86. The smallest absolute Gasteiger partial charge is 0.175 e. The zero-order valence-electron chi connectivity index (χ0n) is 9.59. The van der Waals surface area contributed by atoms with Gasteiger partial charge in [0, 0.05) is 17.8 Å². The topological polar surface area (TPSA) is 18.5 Å². The number of hydrogen-bond acceptors (Lipinski definition) is 2. The Kier molecular flexibility index (Phi) is 2.24. The van der Waals surface area contributed by atoms with Crippen LogP contribution in [0.1, 0.15) is 34.1 Å². The zero-order valence-corrected chi connectivity index (χ0v) is 9.59. The van der Waals surface area contributed by atoms with E-state index in [0.29, 0.717) is 5.92 Å². The minimum absolute atomic E-state index is 0.184. The summed E-state index contributed by atoms with van der Waals surface area (Å²) in [6.07, 6.45) is 3.30. The molecule has 2 fully saturated rings. The fraction of sp³-hybridized carbons (Fsp3) is 0.833. The summed E-state index contributed by atoms with van der Waals surface area (Å²) in [4.78, 5) is 0. The molecule has 2 heteroatoms. The zero-order chi connectivity index (χ0) is 10.4. The summed E-state index contributed by atoms with van der Waals surface area (Å²) in [5.74, 6) is 0.246. The van der Waals surface area contributed by atoms with E-state index in [9.17, 15) is 0 Å². The van der Waals surface area contributed by atoms with Gasteiger partial charge in [-0.2, -0.15) is 0 Å². The molecule has 1 atom stereocenters. The van der Waals surface area contributed by atoms with Crippen LogP contribution in [-0.2, 0) is 9.47 Å². The summed E-state index contributed by atoms with van der Waals surface area (Å²) in [5.41, 5.74) is 1.53. The molecule has 1 spiro atoms. The van der Waals surface area contributed by atoms with Crippen molar-refractivity contribution in [3.63, 3.8) is 0 Å². The molecule has 1 aliphatic carbocycles.